The number of methoxy groups -OCH3 is 1. The number of benzene rings is 1. The lowest BCUT2D eigenvalue weighted by molar-refractivity contribution is 0.415. The van der Waals surface area contributed by atoms with Crippen molar-refractivity contribution >= 4 is 23.0 Å². The predicted molar refractivity (Wildman–Crippen MR) is 54.3 cm³/mol. The molecule has 0 saturated carbocycles. The van der Waals surface area contributed by atoms with Gasteiger partial charge in [-0.2, -0.15) is 0 Å². The van der Waals surface area contributed by atoms with Crippen LogP contribution in [0.3, 0.4) is 0 Å². The zero-order valence-electron chi connectivity index (χ0n) is 7.13. The molecular formula is C9H11NOS. The van der Waals surface area contributed by atoms with Gasteiger partial charge in [0.25, 0.3) is 0 Å². The molecule has 3 heteroatoms. The van der Waals surface area contributed by atoms with E-state index in [1.54, 1.807) is 7.11 Å². The monoisotopic (exact) mass is 181 g/mol. The van der Waals surface area contributed by atoms with Crippen molar-refractivity contribution in [2.45, 2.75) is 6.92 Å². The molecule has 0 bridgehead atoms. The summed E-state index contributed by atoms with van der Waals surface area (Å²) in [6.07, 6.45) is 0. The van der Waals surface area contributed by atoms with Gasteiger partial charge >= 0.3 is 0 Å². The first-order valence-electron chi connectivity index (χ1n) is 3.59. The Morgan fingerprint density at radius 2 is 2.17 bits per heavy atom. The maximum absolute atomic E-state index is 5.60. The Morgan fingerprint density at radius 3 is 2.75 bits per heavy atom. The van der Waals surface area contributed by atoms with Crippen molar-refractivity contribution < 1.29 is 4.74 Å². The highest BCUT2D eigenvalue weighted by Gasteiger charge is 2.04. The van der Waals surface area contributed by atoms with Gasteiger partial charge in [0.1, 0.15) is 0 Å². The van der Waals surface area contributed by atoms with E-state index in [0.717, 1.165) is 11.1 Å². The number of nitrogens with two attached hydrogens (primary N) is 1. The lowest BCUT2D eigenvalue weighted by Gasteiger charge is -2.06. The van der Waals surface area contributed by atoms with Crippen LogP contribution in [0.4, 0.5) is 5.69 Å². The van der Waals surface area contributed by atoms with Crippen molar-refractivity contribution in [3.63, 3.8) is 0 Å². The molecule has 64 valence electrons. The highest BCUT2D eigenvalue weighted by molar-refractivity contribution is 7.80. The SMILES string of the molecule is COC(=S)c1cc(N)ccc1C. The minimum Gasteiger partial charge on any atom is -0.486 e. The van der Waals surface area contributed by atoms with Crippen molar-refractivity contribution in [1.29, 1.82) is 0 Å². The largest absolute Gasteiger partial charge is 0.486 e. The maximum Gasteiger partial charge on any atom is 0.191 e. The molecule has 0 aromatic heterocycles. The predicted octanol–water partition coefficient (Wildman–Crippen LogP) is 1.90. The van der Waals surface area contributed by atoms with E-state index in [1.807, 2.05) is 25.1 Å². The second-order valence-corrected chi connectivity index (χ2v) is 2.94. The number of ether oxygens (including phenoxy) is 1. The second kappa shape index (κ2) is 3.54. The molecule has 0 aliphatic heterocycles. The van der Waals surface area contributed by atoms with Crippen LogP contribution in [0.15, 0.2) is 18.2 Å². The lowest BCUT2D eigenvalue weighted by Crippen LogP contribution is -2.03. The summed E-state index contributed by atoms with van der Waals surface area (Å²) in [5.74, 6) is 0. The average molecular weight is 181 g/mol. The van der Waals surface area contributed by atoms with Gasteiger partial charge in [0.15, 0.2) is 5.05 Å². The third kappa shape index (κ3) is 1.74. The standard InChI is InChI=1S/C9H11NOS/c1-6-3-4-7(10)5-8(6)9(12)11-2/h3-5H,10H2,1-2H3. The van der Waals surface area contributed by atoms with Gasteiger partial charge in [0.2, 0.25) is 0 Å². The van der Waals surface area contributed by atoms with Crippen molar-refractivity contribution in [2.24, 2.45) is 0 Å². The van der Waals surface area contributed by atoms with Crippen molar-refractivity contribution in [2.75, 3.05) is 12.8 Å². The molecule has 0 unspecified atom stereocenters. The van der Waals surface area contributed by atoms with Crippen LogP contribution in [0.5, 0.6) is 0 Å². The summed E-state index contributed by atoms with van der Waals surface area (Å²) in [6.45, 7) is 1.97. The fraction of sp³-hybridized carbons (Fsp3) is 0.222. The first-order valence-corrected chi connectivity index (χ1v) is 4.00. The van der Waals surface area contributed by atoms with Crippen molar-refractivity contribution in [3.8, 4) is 0 Å². The minimum atomic E-state index is 0.486. The third-order valence-corrected chi connectivity index (χ3v) is 2.05. The number of hydrogen-bond acceptors (Lipinski definition) is 3. The van der Waals surface area contributed by atoms with E-state index >= 15 is 0 Å². The summed E-state index contributed by atoms with van der Waals surface area (Å²) >= 11 is 4.99. The van der Waals surface area contributed by atoms with E-state index in [2.05, 4.69) is 0 Å². The van der Waals surface area contributed by atoms with Gasteiger partial charge in [-0.3, -0.25) is 0 Å². The summed E-state index contributed by atoms with van der Waals surface area (Å²) < 4.78 is 4.95. The molecule has 0 heterocycles. The van der Waals surface area contributed by atoms with Crippen LogP contribution < -0.4 is 5.73 Å². The maximum atomic E-state index is 5.60. The molecule has 2 N–H and O–H groups in total. The second-order valence-electron chi connectivity index (χ2n) is 2.57. The molecular weight excluding hydrogens is 170 g/mol. The first kappa shape index (κ1) is 9.00. The fourth-order valence-corrected chi connectivity index (χ4v) is 1.19. The molecule has 0 radical (unpaired) electrons. The highest BCUT2D eigenvalue weighted by atomic mass is 32.1. The molecule has 1 aromatic rings. The molecule has 0 aliphatic carbocycles. The molecule has 0 spiro atoms. The van der Waals surface area contributed by atoms with Gasteiger partial charge in [-0.15, -0.1) is 0 Å². The Labute approximate surface area is 77.3 Å². The van der Waals surface area contributed by atoms with Gasteiger partial charge in [0, 0.05) is 11.3 Å². The van der Waals surface area contributed by atoms with E-state index in [-0.39, 0.29) is 0 Å². The molecule has 2 nitrogen and oxygen atoms in total. The van der Waals surface area contributed by atoms with Gasteiger partial charge in [-0.25, -0.2) is 0 Å². The topological polar surface area (TPSA) is 35.2 Å². The molecule has 0 atom stereocenters. The minimum absolute atomic E-state index is 0.486. The average Bonchev–Trinajstić information content (AvgIpc) is 2.08. The lowest BCUT2D eigenvalue weighted by atomic mass is 10.1. The number of nitrogen functional groups attached to an aromatic ring is 1. The molecule has 0 saturated heterocycles. The summed E-state index contributed by atoms with van der Waals surface area (Å²) in [7, 11) is 1.56. The molecule has 0 fully saturated rings. The zero-order chi connectivity index (χ0) is 9.14. The van der Waals surface area contributed by atoms with E-state index in [9.17, 15) is 0 Å². The van der Waals surface area contributed by atoms with Crippen LogP contribution in [-0.2, 0) is 4.74 Å². The number of anilines is 1. The first-order chi connectivity index (χ1) is 5.65. The van der Waals surface area contributed by atoms with E-state index in [1.165, 1.54) is 0 Å². The van der Waals surface area contributed by atoms with Crippen molar-refractivity contribution in [3.05, 3.63) is 29.3 Å². The zero-order valence-corrected chi connectivity index (χ0v) is 7.94. The quantitative estimate of drug-likeness (QED) is 0.531. The Kier molecular flexibility index (Phi) is 2.65. The summed E-state index contributed by atoms with van der Waals surface area (Å²) in [6, 6.07) is 5.59. The number of rotatable bonds is 1. The Hall–Kier alpha value is -1.09. The molecule has 12 heavy (non-hydrogen) atoms. The van der Waals surface area contributed by atoms with Crippen LogP contribution in [0.1, 0.15) is 11.1 Å². The smallest absolute Gasteiger partial charge is 0.191 e. The van der Waals surface area contributed by atoms with Crippen molar-refractivity contribution in [1.82, 2.24) is 0 Å². The van der Waals surface area contributed by atoms with Crippen LogP contribution >= 0.6 is 12.2 Å². The van der Waals surface area contributed by atoms with Crippen LogP contribution in [0.25, 0.3) is 0 Å². The van der Waals surface area contributed by atoms with Crippen LogP contribution in [0, 0.1) is 6.92 Å². The summed E-state index contributed by atoms with van der Waals surface area (Å²) in [5.41, 5.74) is 8.28. The number of hydrogen-bond donors (Lipinski definition) is 1. The molecule has 0 amide bonds. The molecule has 1 rings (SSSR count). The summed E-state index contributed by atoms with van der Waals surface area (Å²) in [4.78, 5) is 0. The highest BCUT2D eigenvalue weighted by Crippen LogP contribution is 2.13. The van der Waals surface area contributed by atoms with Gasteiger partial charge in [0.05, 0.1) is 7.11 Å². The summed E-state index contributed by atoms with van der Waals surface area (Å²) in [5, 5.41) is 0.486. The van der Waals surface area contributed by atoms with E-state index in [4.69, 9.17) is 22.7 Å². The Balaban J connectivity index is 3.13. The Morgan fingerprint density at radius 1 is 1.50 bits per heavy atom. The normalized spacial score (nSPS) is 9.50. The Bertz CT molecular complexity index is 309. The number of thiocarbonyl (C=S) groups is 1. The third-order valence-electron chi connectivity index (χ3n) is 1.67. The molecule has 0 aliphatic rings. The van der Waals surface area contributed by atoms with Gasteiger partial charge in [-0.1, -0.05) is 6.07 Å². The van der Waals surface area contributed by atoms with Crippen LogP contribution in [0.2, 0.25) is 0 Å². The fourth-order valence-electron chi connectivity index (χ4n) is 0.969. The molecule has 1 aromatic carbocycles. The van der Waals surface area contributed by atoms with Crippen LogP contribution in [-0.4, -0.2) is 12.2 Å². The van der Waals surface area contributed by atoms with E-state index < -0.39 is 0 Å². The van der Waals surface area contributed by atoms with Gasteiger partial charge in [-0.05, 0) is 36.8 Å². The van der Waals surface area contributed by atoms with Gasteiger partial charge < -0.3 is 10.5 Å². The number of aryl methyl sites for hydroxylation is 1. The van der Waals surface area contributed by atoms with E-state index in [0.29, 0.717) is 10.7 Å².